The van der Waals surface area contributed by atoms with E-state index in [9.17, 15) is 4.79 Å². The van der Waals surface area contributed by atoms with E-state index in [0.717, 1.165) is 76.4 Å². The minimum Gasteiger partial charge on any atom is -0.367 e. The third kappa shape index (κ3) is 4.69. The molecule has 1 saturated heterocycles. The summed E-state index contributed by atoms with van der Waals surface area (Å²) in [5, 5.41) is 11.7. The van der Waals surface area contributed by atoms with Crippen molar-refractivity contribution in [2.24, 2.45) is 0 Å². The highest BCUT2D eigenvalue weighted by atomic mass is 16.2. The minimum absolute atomic E-state index is 0.0984. The van der Waals surface area contributed by atoms with Gasteiger partial charge in [-0.15, -0.1) is 0 Å². The maximum absolute atomic E-state index is 12.2. The Balaban J connectivity index is 1.34. The SMILES string of the molecule is CN(C)CC(=O)Nc1cncc(-c2ccc3[nH]nc(-c4cc5c(N6CCN(C)CC6)cncc5[nH]4)c3n2)c1. The normalized spacial score (nSPS) is 14.6. The van der Waals surface area contributed by atoms with E-state index in [-0.39, 0.29) is 5.91 Å². The lowest BCUT2D eigenvalue weighted by atomic mass is 10.1. The molecule has 0 aliphatic carbocycles. The molecule has 0 bridgehead atoms. The lowest BCUT2D eigenvalue weighted by Gasteiger charge is -2.34. The fourth-order valence-electron chi connectivity index (χ4n) is 4.85. The Bertz CT molecular complexity index is 1610. The smallest absolute Gasteiger partial charge is 0.238 e. The Kier molecular flexibility index (Phi) is 6.22. The molecule has 38 heavy (non-hydrogen) atoms. The third-order valence-corrected chi connectivity index (χ3v) is 6.81. The fourth-order valence-corrected chi connectivity index (χ4v) is 4.85. The van der Waals surface area contributed by atoms with Gasteiger partial charge >= 0.3 is 0 Å². The van der Waals surface area contributed by atoms with Crippen molar-refractivity contribution in [3.05, 3.63) is 49.1 Å². The van der Waals surface area contributed by atoms with Crippen LogP contribution in [0.5, 0.6) is 0 Å². The lowest BCUT2D eigenvalue weighted by Crippen LogP contribution is -2.44. The molecule has 11 heteroatoms. The van der Waals surface area contributed by atoms with E-state index in [1.165, 1.54) is 0 Å². The van der Waals surface area contributed by atoms with E-state index < -0.39 is 0 Å². The Labute approximate surface area is 219 Å². The molecule has 6 heterocycles. The molecule has 5 aromatic heterocycles. The van der Waals surface area contributed by atoms with Crippen LogP contribution in [0.1, 0.15) is 0 Å². The van der Waals surface area contributed by atoms with Crippen LogP contribution in [0.3, 0.4) is 0 Å². The van der Waals surface area contributed by atoms with Gasteiger partial charge in [0.05, 0.1) is 58.9 Å². The molecule has 3 N–H and O–H groups in total. The number of aromatic amines is 2. The number of piperazine rings is 1. The minimum atomic E-state index is -0.0984. The molecule has 0 unspecified atom stereocenters. The molecule has 5 aromatic rings. The van der Waals surface area contributed by atoms with Crippen molar-refractivity contribution in [1.82, 2.24) is 39.9 Å². The summed E-state index contributed by atoms with van der Waals surface area (Å²) in [7, 11) is 5.86. The molecule has 0 spiro atoms. The number of carbonyl (C=O) groups is 1. The number of anilines is 2. The van der Waals surface area contributed by atoms with Crippen LogP contribution in [0, 0.1) is 0 Å². The first kappa shape index (κ1) is 24.0. The van der Waals surface area contributed by atoms with Crippen molar-refractivity contribution in [3.63, 3.8) is 0 Å². The molecule has 6 rings (SSSR count). The van der Waals surface area contributed by atoms with Crippen molar-refractivity contribution in [3.8, 4) is 22.6 Å². The highest BCUT2D eigenvalue weighted by Gasteiger charge is 2.20. The summed E-state index contributed by atoms with van der Waals surface area (Å²) < 4.78 is 0. The highest BCUT2D eigenvalue weighted by Crippen LogP contribution is 2.33. The molecule has 1 amide bonds. The van der Waals surface area contributed by atoms with E-state index in [0.29, 0.717) is 12.2 Å². The summed E-state index contributed by atoms with van der Waals surface area (Å²) in [6.45, 7) is 4.29. The summed E-state index contributed by atoms with van der Waals surface area (Å²) in [5.74, 6) is -0.0984. The first-order valence-electron chi connectivity index (χ1n) is 12.6. The van der Waals surface area contributed by atoms with Gasteiger partial charge in [-0.25, -0.2) is 4.98 Å². The first-order chi connectivity index (χ1) is 18.4. The maximum atomic E-state index is 12.2. The van der Waals surface area contributed by atoms with E-state index in [1.54, 1.807) is 12.4 Å². The summed E-state index contributed by atoms with van der Waals surface area (Å²) in [5.41, 5.74) is 7.48. The predicted molar refractivity (Wildman–Crippen MR) is 149 cm³/mol. The number of nitrogens with one attached hydrogen (secondary N) is 3. The largest absolute Gasteiger partial charge is 0.367 e. The number of hydrogen-bond donors (Lipinski definition) is 3. The summed E-state index contributed by atoms with van der Waals surface area (Å²) in [6.07, 6.45) is 7.18. The Hall–Kier alpha value is -4.35. The second-order valence-electron chi connectivity index (χ2n) is 10.0. The van der Waals surface area contributed by atoms with Crippen molar-refractivity contribution >= 4 is 39.2 Å². The molecule has 11 nitrogen and oxygen atoms in total. The Morgan fingerprint density at radius 3 is 2.66 bits per heavy atom. The number of hydrogen-bond acceptors (Lipinski definition) is 8. The quantitative estimate of drug-likeness (QED) is 0.319. The third-order valence-electron chi connectivity index (χ3n) is 6.81. The van der Waals surface area contributed by atoms with Gasteiger partial charge in [0, 0.05) is 43.3 Å². The number of amides is 1. The summed E-state index contributed by atoms with van der Waals surface area (Å²) in [6, 6.07) is 7.90. The zero-order chi connectivity index (χ0) is 26.2. The molecule has 194 valence electrons. The van der Waals surface area contributed by atoms with Crippen molar-refractivity contribution in [1.29, 1.82) is 0 Å². The van der Waals surface area contributed by atoms with Crippen molar-refractivity contribution < 1.29 is 4.79 Å². The van der Waals surface area contributed by atoms with E-state index >= 15 is 0 Å². The molecular formula is C27H30N10O. The molecule has 1 aliphatic heterocycles. The maximum Gasteiger partial charge on any atom is 0.238 e. The molecule has 0 atom stereocenters. The standard InChI is InChI=1S/C27H30N10O/c1-35(2)16-25(38)30-18-10-17(12-28-13-18)20-4-5-21-26(32-20)27(34-33-21)22-11-19-23(31-22)14-29-15-24(19)37-8-6-36(3)7-9-37/h4-5,10-15,31H,6-9,16H2,1-3H3,(H,30,38)(H,33,34). The van der Waals surface area contributed by atoms with Gasteiger partial charge in [0.15, 0.2) is 0 Å². The zero-order valence-electron chi connectivity index (χ0n) is 21.7. The summed E-state index contributed by atoms with van der Waals surface area (Å²) in [4.78, 5) is 36.0. The first-order valence-corrected chi connectivity index (χ1v) is 12.6. The van der Waals surface area contributed by atoms with Crippen molar-refractivity contribution in [2.75, 3.05) is 64.1 Å². The average molecular weight is 511 g/mol. The number of rotatable bonds is 6. The van der Waals surface area contributed by atoms with Gasteiger partial charge in [-0.3, -0.25) is 19.9 Å². The van der Waals surface area contributed by atoms with E-state index in [1.807, 2.05) is 49.6 Å². The highest BCUT2D eigenvalue weighted by molar-refractivity contribution is 5.99. The molecular weight excluding hydrogens is 480 g/mol. The van der Waals surface area contributed by atoms with Gasteiger partial charge < -0.3 is 25.0 Å². The van der Waals surface area contributed by atoms with E-state index in [4.69, 9.17) is 4.98 Å². The number of pyridine rings is 3. The lowest BCUT2D eigenvalue weighted by molar-refractivity contribution is -0.116. The summed E-state index contributed by atoms with van der Waals surface area (Å²) >= 11 is 0. The van der Waals surface area contributed by atoms with Crippen LogP contribution in [-0.2, 0) is 4.79 Å². The van der Waals surface area contributed by atoms with Gasteiger partial charge in [-0.05, 0) is 45.4 Å². The second kappa shape index (κ2) is 9.84. The number of aromatic nitrogens is 6. The number of fused-ring (bicyclic) bond motifs is 2. The van der Waals surface area contributed by atoms with Gasteiger partial charge in [0.1, 0.15) is 11.2 Å². The Morgan fingerprint density at radius 2 is 1.84 bits per heavy atom. The average Bonchev–Trinajstić information content (AvgIpc) is 3.52. The van der Waals surface area contributed by atoms with Crippen LogP contribution >= 0.6 is 0 Å². The predicted octanol–water partition coefficient (Wildman–Crippen LogP) is 2.82. The van der Waals surface area contributed by atoms with Gasteiger partial charge in [-0.1, -0.05) is 0 Å². The van der Waals surface area contributed by atoms with Crippen LogP contribution in [0.15, 0.2) is 49.1 Å². The van der Waals surface area contributed by atoms with Gasteiger partial charge in [0.2, 0.25) is 5.91 Å². The Morgan fingerprint density at radius 1 is 1.03 bits per heavy atom. The monoisotopic (exact) mass is 510 g/mol. The second-order valence-corrected chi connectivity index (χ2v) is 10.0. The molecule has 0 aromatic carbocycles. The topological polar surface area (TPSA) is 122 Å². The van der Waals surface area contributed by atoms with Crippen LogP contribution < -0.4 is 10.2 Å². The zero-order valence-corrected chi connectivity index (χ0v) is 21.7. The molecule has 1 fully saturated rings. The molecule has 1 aliphatic rings. The van der Waals surface area contributed by atoms with Crippen LogP contribution in [0.25, 0.3) is 44.6 Å². The number of nitrogens with zero attached hydrogens (tertiary/aromatic N) is 7. The molecule has 0 saturated carbocycles. The van der Waals surface area contributed by atoms with Crippen LogP contribution in [0.2, 0.25) is 0 Å². The van der Waals surface area contributed by atoms with Crippen LogP contribution in [0.4, 0.5) is 11.4 Å². The van der Waals surface area contributed by atoms with Gasteiger partial charge in [-0.2, -0.15) is 5.10 Å². The van der Waals surface area contributed by atoms with Crippen molar-refractivity contribution in [2.45, 2.75) is 0 Å². The van der Waals surface area contributed by atoms with Gasteiger partial charge in [0.25, 0.3) is 0 Å². The number of likely N-dealkylation sites (N-methyl/N-ethyl adjacent to an activating group) is 2. The van der Waals surface area contributed by atoms with Crippen LogP contribution in [-0.4, -0.2) is 99.7 Å². The van der Waals surface area contributed by atoms with E-state index in [2.05, 4.69) is 53.4 Å². The number of H-pyrrole nitrogens is 2. The molecule has 0 radical (unpaired) electrons. The number of carbonyl (C=O) groups excluding carboxylic acids is 1. The fraction of sp³-hybridized carbons (Fsp3) is 0.296.